The Morgan fingerprint density at radius 3 is 2.03 bits per heavy atom. The average molecular weight is 532 g/mol. The maximum absolute atomic E-state index is 12.6. The number of hydrogen-bond donors (Lipinski definition) is 0. The zero-order chi connectivity index (χ0) is 27.8. The van der Waals surface area contributed by atoms with E-state index in [-0.39, 0.29) is 11.2 Å². The van der Waals surface area contributed by atoms with Gasteiger partial charge in [0.2, 0.25) is 0 Å². The molecule has 3 aromatic carbocycles. The number of aromatic nitrogens is 2. The molecule has 39 heavy (non-hydrogen) atoms. The molecule has 1 heterocycles. The van der Waals surface area contributed by atoms with Crippen LogP contribution in [0.15, 0.2) is 84.9 Å². The number of imidazole rings is 1. The van der Waals surface area contributed by atoms with Gasteiger partial charge in [-0.2, -0.15) is 8.78 Å². The smallest absolute Gasteiger partial charge is 0.387 e. The Bertz CT molecular complexity index is 1300. The van der Waals surface area contributed by atoms with Gasteiger partial charge in [0, 0.05) is 37.3 Å². The molecule has 0 aliphatic heterocycles. The van der Waals surface area contributed by atoms with Gasteiger partial charge in [0.05, 0.1) is 11.4 Å². The first-order valence-electron chi connectivity index (χ1n) is 13.7. The standard InChI is InChI=1S/C33H39F2N3O/c1-5-6-21-38-29(30(26-13-9-7-10-14-26)36-31(38)27-15-11-8-12-16-27)23-37(24-33(2,3)4)22-25-17-19-28(20-18-25)39-32(34)35/h7-20,32H,5-6,21-24H2,1-4H3. The number of hydrogen-bond acceptors (Lipinski definition) is 3. The van der Waals surface area contributed by atoms with Crippen molar-refractivity contribution in [2.24, 2.45) is 5.41 Å². The minimum absolute atomic E-state index is 0.0577. The highest BCUT2D eigenvalue weighted by atomic mass is 19.3. The van der Waals surface area contributed by atoms with E-state index in [1.807, 2.05) is 24.3 Å². The Labute approximate surface area is 231 Å². The summed E-state index contributed by atoms with van der Waals surface area (Å²) >= 11 is 0. The Morgan fingerprint density at radius 1 is 0.846 bits per heavy atom. The molecule has 0 fully saturated rings. The minimum Gasteiger partial charge on any atom is -0.435 e. The molecule has 4 nitrogen and oxygen atoms in total. The highest BCUT2D eigenvalue weighted by Crippen LogP contribution is 2.32. The average Bonchev–Trinajstić information content (AvgIpc) is 3.26. The first-order chi connectivity index (χ1) is 18.7. The van der Waals surface area contributed by atoms with Crippen LogP contribution in [0.1, 0.15) is 51.8 Å². The molecule has 0 aliphatic rings. The molecule has 0 spiro atoms. The summed E-state index contributed by atoms with van der Waals surface area (Å²) in [6, 6.07) is 27.8. The summed E-state index contributed by atoms with van der Waals surface area (Å²) in [6.07, 6.45) is 2.15. The van der Waals surface area contributed by atoms with E-state index in [4.69, 9.17) is 4.98 Å². The van der Waals surface area contributed by atoms with E-state index >= 15 is 0 Å². The third kappa shape index (κ3) is 7.99. The number of halogens is 2. The maximum Gasteiger partial charge on any atom is 0.387 e. The molecule has 0 radical (unpaired) electrons. The van der Waals surface area contributed by atoms with Crippen LogP contribution in [0, 0.1) is 5.41 Å². The van der Waals surface area contributed by atoms with Gasteiger partial charge in [-0.25, -0.2) is 4.98 Å². The lowest BCUT2D eigenvalue weighted by molar-refractivity contribution is -0.0498. The molecular weight excluding hydrogens is 492 g/mol. The maximum atomic E-state index is 12.6. The van der Waals surface area contributed by atoms with Crippen LogP contribution in [0.4, 0.5) is 8.78 Å². The van der Waals surface area contributed by atoms with Gasteiger partial charge in [0.15, 0.2) is 0 Å². The predicted molar refractivity (Wildman–Crippen MR) is 155 cm³/mol. The van der Waals surface area contributed by atoms with E-state index in [0.29, 0.717) is 13.1 Å². The highest BCUT2D eigenvalue weighted by molar-refractivity contribution is 5.68. The van der Waals surface area contributed by atoms with E-state index in [2.05, 4.69) is 90.4 Å². The Balaban J connectivity index is 1.76. The van der Waals surface area contributed by atoms with Crippen molar-refractivity contribution in [2.45, 2.75) is 66.8 Å². The second-order valence-electron chi connectivity index (χ2n) is 11.2. The highest BCUT2D eigenvalue weighted by Gasteiger charge is 2.24. The van der Waals surface area contributed by atoms with Crippen molar-refractivity contribution < 1.29 is 13.5 Å². The van der Waals surface area contributed by atoms with Crippen molar-refractivity contribution in [3.63, 3.8) is 0 Å². The lowest BCUT2D eigenvalue weighted by atomic mass is 9.95. The van der Waals surface area contributed by atoms with Crippen LogP contribution in [0.5, 0.6) is 5.75 Å². The molecule has 0 saturated heterocycles. The number of nitrogens with zero attached hydrogens (tertiary/aromatic N) is 3. The van der Waals surface area contributed by atoms with Gasteiger partial charge in [0.25, 0.3) is 0 Å². The van der Waals surface area contributed by atoms with Gasteiger partial charge >= 0.3 is 6.61 Å². The number of ether oxygens (including phenoxy) is 1. The van der Waals surface area contributed by atoms with Gasteiger partial charge in [-0.1, -0.05) is 107 Å². The van der Waals surface area contributed by atoms with Gasteiger partial charge in [-0.3, -0.25) is 4.90 Å². The summed E-state index contributed by atoms with van der Waals surface area (Å²) in [5, 5.41) is 0. The van der Waals surface area contributed by atoms with E-state index in [9.17, 15) is 8.78 Å². The largest absolute Gasteiger partial charge is 0.435 e. The van der Waals surface area contributed by atoms with Crippen LogP contribution in [0.25, 0.3) is 22.6 Å². The monoisotopic (exact) mass is 531 g/mol. The van der Waals surface area contributed by atoms with E-state index in [1.54, 1.807) is 12.1 Å². The fraction of sp³-hybridized carbons (Fsp3) is 0.364. The lowest BCUT2D eigenvalue weighted by Crippen LogP contribution is -2.33. The van der Waals surface area contributed by atoms with Crippen molar-refractivity contribution in [3.8, 4) is 28.4 Å². The summed E-state index contributed by atoms with van der Waals surface area (Å²) in [7, 11) is 0. The van der Waals surface area contributed by atoms with E-state index in [0.717, 1.165) is 54.1 Å². The molecule has 0 bridgehead atoms. The third-order valence-electron chi connectivity index (χ3n) is 6.51. The van der Waals surface area contributed by atoms with E-state index in [1.165, 1.54) is 5.69 Å². The Kier molecular flexibility index (Phi) is 9.52. The number of rotatable bonds is 12. The molecule has 4 aromatic rings. The molecule has 6 heteroatoms. The molecule has 0 unspecified atom stereocenters. The van der Waals surface area contributed by atoms with Crippen LogP contribution in [-0.4, -0.2) is 27.6 Å². The van der Waals surface area contributed by atoms with Crippen molar-refractivity contribution in [1.29, 1.82) is 0 Å². The van der Waals surface area contributed by atoms with Crippen LogP contribution in [-0.2, 0) is 19.6 Å². The summed E-state index contributed by atoms with van der Waals surface area (Å²) < 4.78 is 32.3. The zero-order valence-electron chi connectivity index (χ0n) is 23.4. The molecular formula is C33H39F2N3O. The van der Waals surface area contributed by atoms with Crippen LogP contribution in [0.3, 0.4) is 0 Å². The summed E-state index contributed by atoms with van der Waals surface area (Å²) in [6.45, 7) is 9.23. The Morgan fingerprint density at radius 2 is 1.46 bits per heavy atom. The number of unbranched alkanes of at least 4 members (excludes halogenated alkanes) is 1. The molecule has 0 atom stereocenters. The number of alkyl halides is 2. The minimum atomic E-state index is -2.83. The third-order valence-corrected chi connectivity index (χ3v) is 6.51. The molecule has 0 aliphatic carbocycles. The van der Waals surface area contributed by atoms with Gasteiger partial charge in [-0.15, -0.1) is 0 Å². The van der Waals surface area contributed by atoms with Crippen LogP contribution < -0.4 is 4.74 Å². The first kappa shape index (κ1) is 28.5. The molecule has 0 amide bonds. The van der Waals surface area contributed by atoms with Gasteiger partial charge < -0.3 is 9.30 Å². The molecule has 0 N–H and O–H groups in total. The van der Waals surface area contributed by atoms with Crippen molar-refractivity contribution in [2.75, 3.05) is 6.54 Å². The molecule has 0 saturated carbocycles. The topological polar surface area (TPSA) is 30.3 Å². The van der Waals surface area contributed by atoms with Crippen molar-refractivity contribution in [3.05, 3.63) is 96.2 Å². The summed E-state index contributed by atoms with van der Waals surface area (Å²) in [5.74, 6) is 1.16. The SMILES string of the molecule is CCCCn1c(-c2ccccc2)nc(-c2ccccc2)c1CN(Cc1ccc(OC(F)F)cc1)CC(C)(C)C. The van der Waals surface area contributed by atoms with Crippen molar-refractivity contribution >= 4 is 0 Å². The molecule has 1 aromatic heterocycles. The van der Waals surface area contributed by atoms with Crippen molar-refractivity contribution in [1.82, 2.24) is 14.5 Å². The zero-order valence-corrected chi connectivity index (χ0v) is 23.4. The van der Waals surface area contributed by atoms with Crippen LogP contribution >= 0.6 is 0 Å². The fourth-order valence-corrected chi connectivity index (χ4v) is 4.92. The quantitative estimate of drug-likeness (QED) is 0.183. The summed E-state index contributed by atoms with van der Waals surface area (Å²) in [5.41, 5.74) is 5.51. The predicted octanol–water partition coefficient (Wildman–Crippen LogP) is 8.67. The van der Waals surface area contributed by atoms with Crippen LogP contribution in [0.2, 0.25) is 0 Å². The molecule has 4 rings (SSSR count). The fourth-order valence-electron chi connectivity index (χ4n) is 4.92. The lowest BCUT2D eigenvalue weighted by Gasteiger charge is -2.31. The Hall–Kier alpha value is -3.51. The first-order valence-corrected chi connectivity index (χ1v) is 13.7. The second-order valence-corrected chi connectivity index (χ2v) is 11.2. The normalized spacial score (nSPS) is 11.9. The summed E-state index contributed by atoms with van der Waals surface area (Å²) in [4.78, 5) is 7.68. The number of benzene rings is 3. The van der Waals surface area contributed by atoms with Gasteiger partial charge in [-0.05, 0) is 29.5 Å². The van der Waals surface area contributed by atoms with Gasteiger partial charge in [0.1, 0.15) is 11.6 Å². The second kappa shape index (κ2) is 13.0. The molecule has 206 valence electrons. The van der Waals surface area contributed by atoms with E-state index < -0.39 is 6.61 Å².